The number of benzene rings is 1. The predicted molar refractivity (Wildman–Crippen MR) is 91.0 cm³/mol. The van der Waals surface area contributed by atoms with Crippen molar-refractivity contribution in [2.24, 2.45) is 0 Å². The molecule has 2 heterocycles. The standard InChI is InChI=1S/C18H20F3N3O3/c1-25-14-5-4-11(15(26-2)16(14)27-3)9-24-7-6-13-12(10-24)8-22-17(23-13)18(19,20)21/h4-5,8H,6-7,9-10H2,1-3H3. The fourth-order valence-electron chi connectivity index (χ4n) is 3.17. The van der Waals surface area contributed by atoms with Crippen LogP contribution in [0.2, 0.25) is 0 Å². The van der Waals surface area contributed by atoms with Crippen LogP contribution < -0.4 is 14.2 Å². The van der Waals surface area contributed by atoms with Crippen molar-refractivity contribution in [3.8, 4) is 17.2 Å². The molecule has 1 aliphatic rings. The lowest BCUT2D eigenvalue weighted by Crippen LogP contribution is -2.31. The summed E-state index contributed by atoms with van der Waals surface area (Å²) in [6, 6.07) is 3.69. The number of nitrogens with zero attached hydrogens (tertiary/aromatic N) is 3. The first-order chi connectivity index (χ1) is 12.9. The number of aromatic nitrogens is 2. The van der Waals surface area contributed by atoms with Crippen molar-refractivity contribution in [3.05, 3.63) is 41.0 Å². The van der Waals surface area contributed by atoms with Crippen molar-refractivity contribution >= 4 is 0 Å². The van der Waals surface area contributed by atoms with Gasteiger partial charge in [0, 0.05) is 43.4 Å². The number of hydrogen-bond acceptors (Lipinski definition) is 6. The largest absolute Gasteiger partial charge is 0.493 e. The van der Waals surface area contributed by atoms with Crippen LogP contribution in [-0.4, -0.2) is 42.7 Å². The Kier molecular flexibility index (Phi) is 5.41. The van der Waals surface area contributed by atoms with Crippen molar-refractivity contribution in [3.63, 3.8) is 0 Å². The fraction of sp³-hybridized carbons (Fsp3) is 0.444. The molecule has 146 valence electrons. The second-order valence-electron chi connectivity index (χ2n) is 6.12. The van der Waals surface area contributed by atoms with Crippen LogP contribution in [0, 0.1) is 0 Å². The quantitative estimate of drug-likeness (QED) is 0.791. The molecule has 0 spiro atoms. The van der Waals surface area contributed by atoms with Crippen LogP contribution >= 0.6 is 0 Å². The topological polar surface area (TPSA) is 56.7 Å². The molecule has 27 heavy (non-hydrogen) atoms. The van der Waals surface area contributed by atoms with Crippen LogP contribution in [0.4, 0.5) is 13.2 Å². The molecule has 0 saturated carbocycles. The van der Waals surface area contributed by atoms with Crippen LogP contribution in [0.3, 0.4) is 0 Å². The van der Waals surface area contributed by atoms with E-state index in [1.165, 1.54) is 13.3 Å². The Morgan fingerprint density at radius 2 is 1.81 bits per heavy atom. The zero-order chi connectivity index (χ0) is 19.6. The third kappa shape index (κ3) is 3.92. The normalized spacial score (nSPS) is 14.6. The molecule has 0 bridgehead atoms. The van der Waals surface area contributed by atoms with E-state index in [0.717, 1.165) is 5.56 Å². The second kappa shape index (κ2) is 7.59. The van der Waals surface area contributed by atoms with Gasteiger partial charge in [0.1, 0.15) is 0 Å². The number of methoxy groups -OCH3 is 3. The molecule has 3 rings (SSSR count). The molecule has 6 nitrogen and oxygen atoms in total. The highest BCUT2D eigenvalue weighted by Crippen LogP contribution is 2.40. The Labute approximate surface area is 154 Å². The Morgan fingerprint density at radius 1 is 1.07 bits per heavy atom. The molecule has 1 aromatic heterocycles. The maximum Gasteiger partial charge on any atom is 0.451 e. The number of hydrogen-bond donors (Lipinski definition) is 0. The van der Waals surface area contributed by atoms with Crippen LogP contribution in [0.5, 0.6) is 17.2 Å². The average Bonchev–Trinajstić information content (AvgIpc) is 2.66. The van der Waals surface area contributed by atoms with Crippen molar-refractivity contribution in [2.75, 3.05) is 27.9 Å². The summed E-state index contributed by atoms with van der Waals surface area (Å²) in [6.45, 7) is 1.59. The monoisotopic (exact) mass is 383 g/mol. The number of ether oxygens (including phenoxy) is 3. The Morgan fingerprint density at radius 3 is 2.44 bits per heavy atom. The van der Waals surface area contributed by atoms with Gasteiger partial charge in [-0.3, -0.25) is 4.90 Å². The van der Waals surface area contributed by atoms with Crippen LogP contribution in [-0.2, 0) is 25.7 Å². The van der Waals surface area contributed by atoms with Gasteiger partial charge in [0.2, 0.25) is 11.6 Å². The van der Waals surface area contributed by atoms with E-state index in [2.05, 4.69) is 14.9 Å². The van der Waals surface area contributed by atoms with Crippen molar-refractivity contribution < 1.29 is 27.4 Å². The summed E-state index contributed by atoms with van der Waals surface area (Å²) in [5.41, 5.74) is 2.05. The highest BCUT2D eigenvalue weighted by atomic mass is 19.4. The van der Waals surface area contributed by atoms with Gasteiger partial charge in [-0.15, -0.1) is 0 Å². The summed E-state index contributed by atoms with van der Waals surface area (Å²) in [6.07, 6.45) is -2.83. The summed E-state index contributed by atoms with van der Waals surface area (Å²) in [7, 11) is 4.64. The highest BCUT2D eigenvalue weighted by Gasteiger charge is 2.35. The maximum atomic E-state index is 12.8. The molecular weight excluding hydrogens is 363 g/mol. The first kappa shape index (κ1) is 19.2. The number of fused-ring (bicyclic) bond motifs is 1. The lowest BCUT2D eigenvalue weighted by molar-refractivity contribution is -0.145. The van der Waals surface area contributed by atoms with E-state index < -0.39 is 12.0 Å². The molecule has 0 N–H and O–H groups in total. The summed E-state index contributed by atoms with van der Waals surface area (Å²) in [5.74, 6) is 0.561. The van der Waals surface area contributed by atoms with Crippen LogP contribution in [0.15, 0.2) is 18.3 Å². The average molecular weight is 383 g/mol. The first-order valence-corrected chi connectivity index (χ1v) is 8.29. The summed E-state index contributed by atoms with van der Waals surface area (Å²) >= 11 is 0. The molecule has 0 fully saturated rings. The second-order valence-corrected chi connectivity index (χ2v) is 6.12. The van der Waals surface area contributed by atoms with E-state index >= 15 is 0 Å². The fourth-order valence-corrected chi connectivity index (χ4v) is 3.17. The van der Waals surface area contributed by atoms with Gasteiger partial charge in [-0.2, -0.15) is 13.2 Å². The van der Waals surface area contributed by atoms with Gasteiger partial charge in [-0.1, -0.05) is 6.07 Å². The van der Waals surface area contributed by atoms with E-state index in [4.69, 9.17) is 14.2 Å². The van der Waals surface area contributed by atoms with Gasteiger partial charge < -0.3 is 14.2 Å². The molecule has 1 aromatic carbocycles. The van der Waals surface area contributed by atoms with Crippen LogP contribution in [0.1, 0.15) is 22.6 Å². The number of halogens is 3. The highest BCUT2D eigenvalue weighted by molar-refractivity contribution is 5.55. The van der Waals surface area contributed by atoms with E-state index in [1.54, 1.807) is 20.3 Å². The molecule has 9 heteroatoms. The molecule has 0 radical (unpaired) electrons. The van der Waals surface area contributed by atoms with E-state index in [-0.39, 0.29) is 0 Å². The van der Waals surface area contributed by atoms with Crippen molar-refractivity contribution in [1.82, 2.24) is 14.9 Å². The summed E-state index contributed by atoms with van der Waals surface area (Å²) < 4.78 is 54.5. The van der Waals surface area contributed by atoms with Crippen molar-refractivity contribution in [1.29, 1.82) is 0 Å². The molecule has 0 saturated heterocycles. The third-order valence-electron chi connectivity index (χ3n) is 4.45. The number of rotatable bonds is 5. The first-order valence-electron chi connectivity index (χ1n) is 8.29. The minimum absolute atomic E-state index is 0.427. The Balaban J connectivity index is 1.81. The van der Waals surface area contributed by atoms with E-state index in [0.29, 0.717) is 54.6 Å². The molecule has 0 aliphatic carbocycles. The predicted octanol–water partition coefficient (Wildman–Crippen LogP) is 3.08. The van der Waals surface area contributed by atoms with Crippen LogP contribution in [0.25, 0.3) is 0 Å². The molecule has 0 atom stereocenters. The van der Waals surface area contributed by atoms with E-state index in [1.807, 2.05) is 6.07 Å². The third-order valence-corrected chi connectivity index (χ3v) is 4.45. The smallest absolute Gasteiger partial charge is 0.451 e. The van der Waals surface area contributed by atoms with E-state index in [9.17, 15) is 13.2 Å². The molecule has 0 amide bonds. The molecular formula is C18H20F3N3O3. The molecule has 2 aromatic rings. The van der Waals surface area contributed by atoms with Gasteiger partial charge >= 0.3 is 6.18 Å². The minimum atomic E-state index is -4.53. The van der Waals surface area contributed by atoms with Gasteiger partial charge in [0.05, 0.1) is 27.0 Å². The van der Waals surface area contributed by atoms with Gasteiger partial charge in [0.25, 0.3) is 0 Å². The van der Waals surface area contributed by atoms with Gasteiger partial charge in [-0.05, 0) is 6.07 Å². The van der Waals surface area contributed by atoms with Gasteiger partial charge in [0.15, 0.2) is 11.5 Å². The lowest BCUT2D eigenvalue weighted by atomic mass is 10.1. The maximum absolute atomic E-state index is 12.8. The zero-order valence-corrected chi connectivity index (χ0v) is 15.3. The number of alkyl halides is 3. The van der Waals surface area contributed by atoms with Gasteiger partial charge in [-0.25, -0.2) is 9.97 Å². The minimum Gasteiger partial charge on any atom is -0.493 e. The Bertz CT molecular complexity index is 827. The summed E-state index contributed by atoms with van der Waals surface area (Å²) in [4.78, 5) is 9.25. The molecule has 0 unspecified atom stereocenters. The zero-order valence-electron chi connectivity index (χ0n) is 15.3. The summed E-state index contributed by atoms with van der Waals surface area (Å²) in [5, 5.41) is 0. The van der Waals surface area contributed by atoms with Crippen molar-refractivity contribution in [2.45, 2.75) is 25.7 Å². The lowest BCUT2D eigenvalue weighted by Gasteiger charge is -2.29. The SMILES string of the molecule is COc1ccc(CN2CCc3nc(C(F)(F)F)ncc3C2)c(OC)c1OC. The molecule has 1 aliphatic heterocycles. The Hall–Kier alpha value is -2.55.